The summed E-state index contributed by atoms with van der Waals surface area (Å²) in [6, 6.07) is 15.4. The minimum absolute atomic E-state index is 0.0873. The Kier molecular flexibility index (Phi) is 5.69. The Morgan fingerprint density at radius 2 is 1.71 bits per heavy atom. The summed E-state index contributed by atoms with van der Waals surface area (Å²) in [4.78, 5) is 13.6. The first-order chi connectivity index (χ1) is 10.3. The molecule has 110 valence electrons. The van der Waals surface area contributed by atoms with Crippen LogP contribution in [0.5, 0.6) is 0 Å². The molecule has 0 spiro atoms. The smallest absolute Gasteiger partial charge is 0.257 e. The first kappa shape index (κ1) is 15.4. The minimum Gasteiger partial charge on any atom is -0.384 e. The SMILES string of the molecule is CCCNc1ccccc1C(=O)Nc1ccccc1SC. The fraction of sp³-hybridized carbons (Fsp3) is 0.235. The standard InChI is InChI=1S/C17H20N2OS/c1-3-12-18-14-9-5-4-8-13(14)17(20)19-15-10-6-7-11-16(15)21-2/h4-11,18H,3,12H2,1-2H3,(H,19,20). The van der Waals surface area contributed by atoms with Gasteiger partial charge in [0.2, 0.25) is 0 Å². The van der Waals surface area contributed by atoms with Crippen molar-refractivity contribution >= 4 is 29.0 Å². The number of para-hydroxylation sites is 2. The third-order valence-electron chi connectivity index (χ3n) is 3.09. The summed E-state index contributed by atoms with van der Waals surface area (Å²) < 4.78 is 0. The lowest BCUT2D eigenvalue weighted by Gasteiger charge is -2.13. The highest BCUT2D eigenvalue weighted by Crippen LogP contribution is 2.26. The van der Waals surface area contributed by atoms with Crippen molar-refractivity contribution in [3.8, 4) is 0 Å². The highest BCUT2D eigenvalue weighted by molar-refractivity contribution is 7.98. The van der Waals surface area contributed by atoms with E-state index in [-0.39, 0.29) is 5.91 Å². The van der Waals surface area contributed by atoms with Crippen molar-refractivity contribution in [2.45, 2.75) is 18.2 Å². The van der Waals surface area contributed by atoms with Crippen LogP contribution in [0.1, 0.15) is 23.7 Å². The average molecular weight is 300 g/mol. The van der Waals surface area contributed by atoms with Crippen molar-refractivity contribution in [2.24, 2.45) is 0 Å². The molecule has 0 saturated heterocycles. The molecule has 0 saturated carbocycles. The van der Waals surface area contributed by atoms with Crippen LogP contribution in [0, 0.1) is 0 Å². The van der Waals surface area contributed by atoms with Crippen LogP contribution in [0.15, 0.2) is 53.4 Å². The molecule has 0 aromatic heterocycles. The number of hydrogen-bond donors (Lipinski definition) is 2. The van der Waals surface area contributed by atoms with E-state index >= 15 is 0 Å². The third-order valence-corrected chi connectivity index (χ3v) is 3.89. The Balaban J connectivity index is 2.20. The van der Waals surface area contributed by atoms with Crippen LogP contribution in [0.3, 0.4) is 0 Å². The molecule has 21 heavy (non-hydrogen) atoms. The predicted molar refractivity (Wildman–Crippen MR) is 91.4 cm³/mol. The molecule has 4 heteroatoms. The van der Waals surface area contributed by atoms with Crippen LogP contribution in [0.25, 0.3) is 0 Å². The molecular weight excluding hydrogens is 280 g/mol. The van der Waals surface area contributed by atoms with E-state index in [9.17, 15) is 4.79 Å². The highest BCUT2D eigenvalue weighted by atomic mass is 32.2. The first-order valence-electron chi connectivity index (χ1n) is 7.03. The summed E-state index contributed by atoms with van der Waals surface area (Å²) in [5.74, 6) is -0.0873. The summed E-state index contributed by atoms with van der Waals surface area (Å²) in [6.45, 7) is 2.95. The van der Waals surface area contributed by atoms with Crippen molar-refractivity contribution in [3.63, 3.8) is 0 Å². The maximum Gasteiger partial charge on any atom is 0.257 e. The lowest BCUT2D eigenvalue weighted by molar-refractivity contribution is 0.102. The summed E-state index contributed by atoms with van der Waals surface area (Å²) in [5.41, 5.74) is 2.39. The van der Waals surface area contributed by atoms with Gasteiger partial charge in [-0.3, -0.25) is 4.79 Å². The van der Waals surface area contributed by atoms with Crippen molar-refractivity contribution in [1.82, 2.24) is 0 Å². The van der Waals surface area contributed by atoms with Gasteiger partial charge in [-0.1, -0.05) is 31.2 Å². The second kappa shape index (κ2) is 7.74. The van der Waals surface area contributed by atoms with Gasteiger partial charge in [0.25, 0.3) is 5.91 Å². The fourth-order valence-corrected chi connectivity index (χ4v) is 2.59. The molecule has 0 aliphatic rings. The van der Waals surface area contributed by atoms with Crippen molar-refractivity contribution < 1.29 is 4.79 Å². The normalized spacial score (nSPS) is 10.2. The van der Waals surface area contributed by atoms with Gasteiger partial charge in [-0.15, -0.1) is 11.8 Å². The van der Waals surface area contributed by atoms with E-state index in [4.69, 9.17) is 0 Å². The molecule has 0 heterocycles. The molecule has 0 aliphatic heterocycles. The minimum atomic E-state index is -0.0873. The Labute approximate surface area is 130 Å². The number of hydrogen-bond acceptors (Lipinski definition) is 3. The van der Waals surface area contributed by atoms with Crippen LogP contribution in [-0.4, -0.2) is 18.7 Å². The topological polar surface area (TPSA) is 41.1 Å². The van der Waals surface area contributed by atoms with Gasteiger partial charge in [0.15, 0.2) is 0 Å². The van der Waals surface area contributed by atoms with Gasteiger partial charge in [0.1, 0.15) is 0 Å². The second-order valence-corrected chi connectivity index (χ2v) is 5.47. The maximum absolute atomic E-state index is 12.5. The summed E-state index contributed by atoms with van der Waals surface area (Å²) in [7, 11) is 0. The monoisotopic (exact) mass is 300 g/mol. The first-order valence-corrected chi connectivity index (χ1v) is 8.26. The Hall–Kier alpha value is -1.94. The van der Waals surface area contributed by atoms with Crippen LogP contribution in [0.2, 0.25) is 0 Å². The molecule has 0 bridgehead atoms. The maximum atomic E-state index is 12.5. The van der Waals surface area contributed by atoms with E-state index in [0.29, 0.717) is 5.56 Å². The van der Waals surface area contributed by atoms with E-state index < -0.39 is 0 Å². The zero-order valence-corrected chi connectivity index (χ0v) is 13.2. The second-order valence-electron chi connectivity index (χ2n) is 4.63. The molecule has 2 aromatic carbocycles. The fourth-order valence-electron chi connectivity index (χ4n) is 2.03. The summed E-state index contributed by atoms with van der Waals surface area (Å²) >= 11 is 1.62. The van der Waals surface area contributed by atoms with Crippen molar-refractivity contribution in [1.29, 1.82) is 0 Å². The molecular formula is C17H20N2OS. The predicted octanol–water partition coefficient (Wildman–Crippen LogP) is 4.48. The van der Waals surface area contributed by atoms with E-state index in [1.165, 1.54) is 0 Å². The van der Waals surface area contributed by atoms with Gasteiger partial charge in [-0.25, -0.2) is 0 Å². The molecule has 0 aliphatic carbocycles. The number of benzene rings is 2. The summed E-state index contributed by atoms with van der Waals surface area (Å²) in [5, 5.41) is 6.29. The van der Waals surface area contributed by atoms with Gasteiger partial charge in [-0.2, -0.15) is 0 Å². The van der Waals surface area contributed by atoms with Gasteiger partial charge in [0, 0.05) is 17.1 Å². The number of amides is 1. The van der Waals surface area contributed by atoms with Crippen LogP contribution < -0.4 is 10.6 Å². The number of rotatable bonds is 6. The number of carbonyl (C=O) groups excluding carboxylic acids is 1. The van der Waals surface area contributed by atoms with E-state index in [2.05, 4.69) is 17.6 Å². The Morgan fingerprint density at radius 3 is 2.43 bits per heavy atom. The summed E-state index contributed by atoms with van der Waals surface area (Å²) in [6.07, 6.45) is 3.02. The third kappa shape index (κ3) is 4.02. The molecule has 0 fully saturated rings. The van der Waals surface area contributed by atoms with E-state index in [0.717, 1.165) is 29.2 Å². The zero-order chi connectivity index (χ0) is 15.1. The van der Waals surface area contributed by atoms with E-state index in [1.807, 2.05) is 54.8 Å². The molecule has 0 atom stereocenters. The number of carbonyl (C=O) groups is 1. The quantitative estimate of drug-likeness (QED) is 0.773. The number of anilines is 2. The Bertz CT molecular complexity index is 613. The van der Waals surface area contributed by atoms with Crippen LogP contribution in [0.4, 0.5) is 11.4 Å². The lowest BCUT2D eigenvalue weighted by atomic mass is 10.1. The molecule has 0 unspecified atom stereocenters. The van der Waals surface area contributed by atoms with Gasteiger partial charge >= 0.3 is 0 Å². The molecule has 2 aromatic rings. The molecule has 3 nitrogen and oxygen atoms in total. The van der Waals surface area contributed by atoms with Crippen LogP contribution in [-0.2, 0) is 0 Å². The lowest BCUT2D eigenvalue weighted by Crippen LogP contribution is -2.15. The molecule has 1 amide bonds. The van der Waals surface area contributed by atoms with Gasteiger partial charge < -0.3 is 10.6 Å². The largest absolute Gasteiger partial charge is 0.384 e. The molecule has 2 rings (SSSR count). The van der Waals surface area contributed by atoms with Crippen molar-refractivity contribution in [3.05, 3.63) is 54.1 Å². The number of thioether (sulfide) groups is 1. The van der Waals surface area contributed by atoms with Crippen LogP contribution >= 0.6 is 11.8 Å². The highest BCUT2D eigenvalue weighted by Gasteiger charge is 2.12. The van der Waals surface area contributed by atoms with Gasteiger partial charge in [-0.05, 0) is 36.9 Å². The average Bonchev–Trinajstić information content (AvgIpc) is 2.53. The molecule has 0 radical (unpaired) electrons. The Morgan fingerprint density at radius 1 is 1.05 bits per heavy atom. The zero-order valence-electron chi connectivity index (χ0n) is 12.3. The van der Waals surface area contributed by atoms with Gasteiger partial charge in [0.05, 0.1) is 11.3 Å². The number of nitrogens with one attached hydrogen (secondary N) is 2. The van der Waals surface area contributed by atoms with E-state index in [1.54, 1.807) is 11.8 Å². The van der Waals surface area contributed by atoms with Crippen molar-refractivity contribution in [2.75, 3.05) is 23.4 Å². The molecule has 2 N–H and O–H groups in total.